The highest BCUT2D eigenvalue weighted by atomic mass is 16.4. The van der Waals surface area contributed by atoms with Crippen LogP contribution in [-0.2, 0) is 4.79 Å². The predicted octanol–water partition coefficient (Wildman–Crippen LogP) is 6.20. The monoisotopic (exact) mass is 472 g/mol. The van der Waals surface area contributed by atoms with E-state index < -0.39 is 17.5 Å². The van der Waals surface area contributed by atoms with Crippen LogP contribution >= 0.6 is 0 Å². The standard InChI is InChI=1S/C30H48O4/c1-26(2)20-9-7-18-17-27(3)14-11-22-29(5,16-13-24(32)30(22,6)25(33)34)21(27)10-8-19(18)28(20,4)15-12-23(26)31/h7,19-24,31-32H,8-17H2,1-6H3,(H,33,34)/t19-,20-,21+,22-,23?,24?,27-,28+,29+,30+/m0/s1. The zero-order valence-corrected chi connectivity index (χ0v) is 22.4. The molecular weight excluding hydrogens is 424 g/mol. The summed E-state index contributed by atoms with van der Waals surface area (Å²) >= 11 is 0. The molecule has 4 fully saturated rings. The number of aliphatic hydroxyl groups excluding tert-OH is 2. The van der Waals surface area contributed by atoms with Crippen molar-refractivity contribution in [1.29, 1.82) is 0 Å². The molecule has 4 nitrogen and oxygen atoms in total. The lowest BCUT2D eigenvalue weighted by Crippen LogP contribution is -2.61. The highest BCUT2D eigenvalue weighted by Crippen LogP contribution is 2.70. The van der Waals surface area contributed by atoms with Gasteiger partial charge in [0.25, 0.3) is 0 Å². The lowest BCUT2D eigenvalue weighted by Gasteiger charge is -2.63. The van der Waals surface area contributed by atoms with Crippen LogP contribution in [0.1, 0.15) is 106 Å². The van der Waals surface area contributed by atoms with E-state index in [0.29, 0.717) is 24.2 Å². The van der Waals surface area contributed by atoms with E-state index in [9.17, 15) is 20.1 Å². The molecule has 0 amide bonds. The van der Waals surface area contributed by atoms with E-state index in [0.717, 1.165) is 51.4 Å². The first-order chi connectivity index (χ1) is 15.7. The second-order valence-electron chi connectivity index (χ2n) is 14.7. The first-order valence-electron chi connectivity index (χ1n) is 14.0. The van der Waals surface area contributed by atoms with Gasteiger partial charge < -0.3 is 15.3 Å². The number of carboxylic acids is 1. The fourth-order valence-electron chi connectivity index (χ4n) is 10.9. The summed E-state index contributed by atoms with van der Waals surface area (Å²) in [7, 11) is 0. The van der Waals surface area contributed by atoms with Crippen molar-refractivity contribution in [2.75, 3.05) is 0 Å². The van der Waals surface area contributed by atoms with E-state index in [1.807, 2.05) is 6.92 Å². The first kappa shape index (κ1) is 24.8. The summed E-state index contributed by atoms with van der Waals surface area (Å²) in [5.41, 5.74) is 0.936. The van der Waals surface area contributed by atoms with Gasteiger partial charge in [0.2, 0.25) is 0 Å². The van der Waals surface area contributed by atoms with Crippen LogP contribution in [0.3, 0.4) is 0 Å². The third-order valence-electron chi connectivity index (χ3n) is 13.0. The number of rotatable bonds is 1. The van der Waals surface area contributed by atoms with E-state index in [1.54, 1.807) is 5.57 Å². The number of carbonyl (C=O) groups is 1. The minimum absolute atomic E-state index is 0.0283. The van der Waals surface area contributed by atoms with Crippen molar-refractivity contribution in [1.82, 2.24) is 0 Å². The molecule has 0 saturated heterocycles. The summed E-state index contributed by atoms with van der Waals surface area (Å²) < 4.78 is 0. The molecule has 5 aliphatic rings. The molecule has 10 atom stereocenters. The largest absolute Gasteiger partial charge is 0.481 e. The Hall–Kier alpha value is -0.870. The van der Waals surface area contributed by atoms with Crippen molar-refractivity contribution in [3.05, 3.63) is 11.6 Å². The lowest BCUT2D eigenvalue weighted by molar-refractivity contribution is -0.199. The topological polar surface area (TPSA) is 77.8 Å². The second-order valence-corrected chi connectivity index (χ2v) is 14.7. The summed E-state index contributed by atoms with van der Waals surface area (Å²) in [5, 5.41) is 32.0. The molecule has 5 rings (SSSR count). The summed E-state index contributed by atoms with van der Waals surface area (Å²) in [6.45, 7) is 13.8. The average molecular weight is 473 g/mol. The molecule has 3 N–H and O–H groups in total. The van der Waals surface area contributed by atoms with Gasteiger partial charge in [-0.15, -0.1) is 0 Å². The fraction of sp³-hybridized carbons (Fsp3) is 0.900. The maximum absolute atomic E-state index is 12.5. The van der Waals surface area contributed by atoms with Crippen LogP contribution < -0.4 is 0 Å². The number of aliphatic carboxylic acids is 1. The van der Waals surface area contributed by atoms with Crippen LogP contribution in [0.2, 0.25) is 0 Å². The van der Waals surface area contributed by atoms with Gasteiger partial charge in [0.15, 0.2) is 0 Å². The molecule has 5 aliphatic carbocycles. The number of carboxylic acid groups (broad SMARTS) is 1. The van der Waals surface area contributed by atoms with Crippen LogP contribution in [0.15, 0.2) is 11.6 Å². The maximum Gasteiger partial charge on any atom is 0.312 e. The molecule has 34 heavy (non-hydrogen) atoms. The van der Waals surface area contributed by atoms with Gasteiger partial charge in [-0.25, -0.2) is 0 Å². The van der Waals surface area contributed by atoms with Gasteiger partial charge in [0.05, 0.1) is 17.6 Å². The van der Waals surface area contributed by atoms with E-state index in [4.69, 9.17) is 0 Å². The van der Waals surface area contributed by atoms with E-state index in [2.05, 4.69) is 40.7 Å². The van der Waals surface area contributed by atoms with Crippen molar-refractivity contribution in [2.45, 2.75) is 118 Å². The molecule has 4 saturated carbocycles. The molecule has 2 unspecified atom stereocenters. The molecule has 192 valence electrons. The van der Waals surface area contributed by atoms with Crippen molar-refractivity contribution in [2.24, 2.45) is 50.7 Å². The number of fused-ring (bicyclic) bond motifs is 6. The highest BCUT2D eigenvalue weighted by molar-refractivity contribution is 5.76. The Morgan fingerprint density at radius 2 is 1.44 bits per heavy atom. The normalized spacial score (nSPS) is 54.4. The predicted molar refractivity (Wildman–Crippen MR) is 134 cm³/mol. The molecule has 0 radical (unpaired) electrons. The molecule has 0 aromatic heterocycles. The third-order valence-corrected chi connectivity index (χ3v) is 13.0. The summed E-state index contributed by atoms with van der Waals surface area (Å²) in [5.74, 6) is 0.778. The van der Waals surface area contributed by atoms with Gasteiger partial charge in [-0.2, -0.15) is 0 Å². The Bertz CT molecular complexity index is 892. The van der Waals surface area contributed by atoms with Gasteiger partial charge in [0, 0.05) is 0 Å². The molecule has 0 spiro atoms. The number of hydrogen-bond donors (Lipinski definition) is 3. The van der Waals surface area contributed by atoms with Crippen LogP contribution in [0.5, 0.6) is 0 Å². The molecular formula is C30H48O4. The zero-order valence-electron chi connectivity index (χ0n) is 22.4. The lowest BCUT2D eigenvalue weighted by atomic mass is 9.41. The Kier molecular flexibility index (Phi) is 5.52. The molecule has 0 aliphatic heterocycles. The fourth-order valence-corrected chi connectivity index (χ4v) is 10.9. The van der Waals surface area contributed by atoms with Gasteiger partial charge in [-0.1, -0.05) is 46.3 Å². The Balaban J connectivity index is 1.51. The first-order valence-corrected chi connectivity index (χ1v) is 14.0. The molecule has 4 heteroatoms. The Morgan fingerprint density at radius 1 is 0.794 bits per heavy atom. The summed E-state index contributed by atoms with van der Waals surface area (Å²) in [6, 6.07) is 0. The van der Waals surface area contributed by atoms with Crippen LogP contribution in [-0.4, -0.2) is 33.5 Å². The number of allylic oxidation sites excluding steroid dienone is 2. The molecule has 0 bridgehead atoms. The number of hydrogen-bond acceptors (Lipinski definition) is 3. The minimum Gasteiger partial charge on any atom is -0.481 e. The highest BCUT2D eigenvalue weighted by Gasteiger charge is 2.65. The van der Waals surface area contributed by atoms with Gasteiger partial charge >= 0.3 is 5.97 Å². The van der Waals surface area contributed by atoms with E-state index in [-0.39, 0.29) is 33.7 Å². The van der Waals surface area contributed by atoms with Crippen molar-refractivity contribution in [3.63, 3.8) is 0 Å². The van der Waals surface area contributed by atoms with Crippen molar-refractivity contribution < 1.29 is 20.1 Å². The maximum atomic E-state index is 12.5. The Morgan fingerprint density at radius 3 is 2.12 bits per heavy atom. The third kappa shape index (κ3) is 3.06. The van der Waals surface area contributed by atoms with E-state index in [1.165, 1.54) is 6.42 Å². The van der Waals surface area contributed by atoms with Crippen LogP contribution in [0.25, 0.3) is 0 Å². The zero-order chi connectivity index (χ0) is 24.9. The molecule has 0 aromatic carbocycles. The van der Waals surface area contributed by atoms with Crippen LogP contribution in [0, 0.1) is 50.7 Å². The average Bonchev–Trinajstić information content (AvgIpc) is 2.91. The minimum atomic E-state index is -1.05. The second kappa shape index (κ2) is 7.57. The van der Waals surface area contributed by atoms with Crippen molar-refractivity contribution >= 4 is 5.97 Å². The molecule has 0 heterocycles. The quantitative estimate of drug-likeness (QED) is 0.397. The van der Waals surface area contributed by atoms with Gasteiger partial charge in [-0.05, 0) is 116 Å². The SMILES string of the molecule is CC1(C)C(O)CC[C@]2(C)[C@H]3CC[C@@H]4[C@@](C)(CC[C@H]5[C@]4(C)CCC(O)[C@]5(C)C(=O)O)CC3=CC[C@@H]12. The van der Waals surface area contributed by atoms with E-state index >= 15 is 0 Å². The van der Waals surface area contributed by atoms with Crippen molar-refractivity contribution in [3.8, 4) is 0 Å². The summed E-state index contributed by atoms with van der Waals surface area (Å²) in [6.07, 6.45) is 11.7. The number of aliphatic hydroxyl groups is 2. The molecule has 0 aromatic rings. The summed E-state index contributed by atoms with van der Waals surface area (Å²) in [4.78, 5) is 12.5. The van der Waals surface area contributed by atoms with Crippen LogP contribution in [0.4, 0.5) is 0 Å². The Labute approximate surface area is 206 Å². The van der Waals surface area contributed by atoms with Gasteiger partial charge in [0.1, 0.15) is 0 Å². The smallest absolute Gasteiger partial charge is 0.312 e. The van der Waals surface area contributed by atoms with Gasteiger partial charge in [-0.3, -0.25) is 4.79 Å².